The number of benzene rings is 2. The van der Waals surface area contributed by atoms with E-state index in [9.17, 15) is 9.18 Å². The van der Waals surface area contributed by atoms with Gasteiger partial charge < -0.3 is 13.6 Å². The zero-order valence-corrected chi connectivity index (χ0v) is 14.3. The van der Waals surface area contributed by atoms with Crippen LogP contribution < -0.4 is 10.4 Å². The Morgan fingerprint density at radius 2 is 1.86 bits per heavy atom. The van der Waals surface area contributed by atoms with Crippen molar-refractivity contribution in [2.75, 3.05) is 0 Å². The van der Waals surface area contributed by atoms with Gasteiger partial charge in [0, 0.05) is 22.5 Å². The molecule has 0 unspecified atom stereocenters. The van der Waals surface area contributed by atoms with E-state index in [-0.39, 0.29) is 12.4 Å². The highest BCUT2D eigenvalue weighted by molar-refractivity contribution is 5.99. The van der Waals surface area contributed by atoms with Crippen LogP contribution in [0, 0.1) is 5.82 Å². The smallest absolute Gasteiger partial charge is 0.336 e. The second-order valence-corrected chi connectivity index (χ2v) is 6.10. The van der Waals surface area contributed by atoms with Crippen molar-refractivity contribution in [3.8, 4) is 11.4 Å². The molecule has 28 heavy (non-hydrogen) atoms. The third-order valence-electron chi connectivity index (χ3n) is 4.35. The van der Waals surface area contributed by atoms with Gasteiger partial charge in [-0.25, -0.2) is 9.18 Å². The molecule has 138 valence electrons. The van der Waals surface area contributed by atoms with Crippen LogP contribution in [0.4, 0.5) is 4.39 Å². The minimum Gasteiger partial charge on any atom is -0.478 e. The molecular formula is C20H12FN3O4. The van der Waals surface area contributed by atoms with E-state index in [2.05, 4.69) is 10.2 Å². The Balaban J connectivity index is 1.56. The number of fused-ring (bicyclic) bond motifs is 2. The largest absolute Gasteiger partial charge is 0.478 e. The fraction of sp³-hybridized carbons (Fsp3) is 0.0500. The molecule has 5 rings (SSSR count). The van der Waals surface area contributed by atoms with Gasteiger partial charge in [0.25, 0.3) is 0 Å². The van der Waals surface area contributed by atoms with E-state index in [1.54, 1.807) is 28.8 Å². The average molecular weight is 377 g/mol. The van der Waals surface area contributed by atoms with E-state index in [0.29, 0.717) is 33.8 Å². The van der Waals surface area contributed by atoms with Crippen molar-refractivity contribution in [3.05, 3.63) is 83.2 Å². The predicted octanol–water partition coefficient (Wildman–Crippen LogP) is 3.84. The van der Waals surface area contributed by atoms with Crippen LogP contribution >= 0.6 is 0 Å². The third-order valence-corrected chi connectivity index (χ3v) is 4.35. The molecule has 0 N–H and O–H groups in total. The maximum absolute atomic E-state index is 13.2. The lowest BCUT2D eigenvalue weighted by Crippen LogP contribution is -2.06. The van der Waals surface area contributed by atoms with E-state index in [1.165, 1.54) is 30.8 Å². The van der Waals surface area contributed by atoms with E-state index in [1.807, 2.05) is 6.07 Å². The standard InChI is InChI=1S/C20H12FN3O4/c21-14-2-4-15(5-3-14)24-11-22-23-16(24)10-27-20-18-13(7-8-26-18)9-12-1-6-17(25)28-19(12)20/h1-9,11H,10H2. The van der Waals surface area contributed by atoms with Crippen molar-refractivity contribution < 1.29 is 18.0 Å². The highest BCUT2D eigenvalue weighted by Gasteiger charge is 2.16. The van der Waals surface area contributed by atoms with Crippen LogP contribution in [-0.4, -0.2) is 14.8 Å². The summed E-state index contributed by atoms with van der Waals surface area (Å²) >= 11 is 0. The molecule has 0 aliphatic rings. The molecular weight excluding hydrogens is 365 g/mol. The van der Waals surface area contributed by atoms with Gasteiger partial charge in [0.15, 0.2) is 17.0 Å². The van der Waals surface area contributed by atoms with Gasteiger partial charge >= 0.3 is 5.63 Å². The van der Waals surface area contributed by atoms with E-state index < -0.39 is 5.63 Å². The molecule has 7 nitrogen and oxygen atoms in total. The summed E-state index contributed by atoms with van der Waals surface area (Å²) in [6.07, 6.45) is 3.05. The van der Waals surface area contributed by atoms with Crippen molar-refractivity contribution in [1.29, 1.82) is 0 Å². The lowest BCUT2D eigenvalue weighted by atomic mass is 10.1. The molecule has 0 fully saturated rings. The summed E-state index contributed by atoms with van der Waals surface area (Å²) in [5, 5.41) is 9.50. The van der Waals surface area contributed by atoms with Crippen molar-refractivity contribution in [2.45, 2.75) is 6.61 Å². The first-order chi connectivity index (χ1) is 13.7. The van der Waals surface area contributed by atoms with Gasteiger partial charge in [-0.1, -0.05) is 0 Å². The summed E-state index contributed by atoms with van der Waals surface area (Å²) in [6.45, 7) is 0.0326. The first-order valence-corrected chi connectivity index (χ1v) is 8.41. The minimum atomic E-state index is -0.488. The number of furan rings is 1. The van der Waals surface area contributed by atoms with Gasteiger partial charge in [-0.15, -0.1) is 10.2 Å². The molecule has 0 atom stereocenters. The maximum atomic E-state index is 13.2. The van der Waals surface area contributed by atoms with Gasteiger partial charge in [-0.05, 0) is 42.5 Å². The summed E-state index contributed by atoms with van der Waals surface area (Å²) < 4.78 is 31.7. The Bertz CT molecular complexity index is 1350. The molecule has 3 heterocycles. The molecule has 2 aromatic carbocycles. The SMILES string of the molecule is O=c1ccc2cc3ccoc3c(OCc3nncn3-c3ccc(F)cc3)c2o1. The fourth-order valence-electron chi connectivity index (χ4n) is 3.05. The average Bonchev–Trinajstić information content (AvgIpc) is 3.35. The number of ether oxygens (including phenoxy) is 1. The molecule has 0 aliphatic carbocycles. The van der Waals surface area contributed by atoms with Crippen molar-refractivity contribution >= 4 is 21.9 Å². The van der Waals surface area contributed by atoms with Crippen LogP contribution in [0.15, 0.2) is 74.8 Å². The summed E-state index contributed by atoms with van der Waals surface area (Å²) in [5.74, 6) is 0.464. The number of hydrogen-bond donors (Lipinski definition) is 0. The summed E-state index contributed by atoms with van der Waals surface area (Å²) in [6, 6.07) is 12.6. The molecule has 0 bridgehead atoms. The number of hydrogen-bond acceptors (Lipinski definition) is 6. The highest BCUT2D eigenvalue weighted by atomic mass is 19.1. The lowest BCUT2D eigenvalue weighted by molar-refractivity contribution is 0.291. The van der Waals surface area contributed by atoms with Crippen LogP contribution in [0.1, 0.15) is 5.82 Å². The molecule has 0 spiro atoms. The summed E-state index contributed by atoms with van der Waals surface area (Å²) in [5.41, 5.74) is 0.966. The Morgan fingerprint density at radius 1 is 1.04 bits per heavy atom. The highest BCUT2D eigenvalue weighted by Crippen LogP contribution is 2.35. The zero-order valence-electron chi connectivity index (χ0n) is 14.3. The summed E-state index contributed by atoms with van der Waals surface area (Å²) in [4.78, 5) is 11.7. The van der Waals surface area contributed by atoms with Crippen LogP contribution in [-0.2, 0) is 6.61 Å². The monoisotopic (exact) mass is 377 g/mol. The topological polar surface area (TPSA) is 83.3 Å². The molecule has 8 heteroatoms. The quantitative estimate of drug-likeness (QED) is 0.443. The normalized spacial score (nSPS) is 11.3. The van der Waals surface area contributed by atoms with Crippen LogP contribution in [0.2, 0.25) is 0 Å². The van der Waals surface area contributed by atoms with Crippen molar-refractivity contribution in [2.24, 2.45) is 0 Å². The van der Waals surface area contributed by atoms with Gasteiger partial charge in [0.1, 0.15) is 18.8 Å². The number of nitrogens with zero attached hydrogens (tertiary/aromatic N) is 3. The maximum Gasteiger partial charge on any atom is 0.336 e. The Kier molecular flexibility index (Phi) is 3.68. The van der Waals surface area contributed by atoms with Gasteiger partial charge in [-0.3, -0.25) is 4.57 Å². The molecule has 0 amide bonds. The van der Waals surface area contributed by atoms with Crippen molar-refractivity contribution in [3.63, 3.8) is 0 Å². The molecule has 3 aromatic heterocycles. The predicted molar refractivity (Wildman–Crippen MR) is 97.9 cm³/mol. The second kappa shape index (κ2) is 6.34. The summed E-state index contributed by atoms with van der Waals surface area (Å²) in [7, 11) is 0. The first kappa shape index (κ1) is 16.2. The zero-order chi connectivity index (χ0) is 19.1. The number of rotatable bonds is 4. The van der Waals surface area contributed by atoms with Gasteiger partial charge in [0.05, 0.1) is 6.26 Å². The molecule has 5 aromatic rings. The third kappa shape index (κ3) is 2.71. The Labute approximate surface area is 156 Å². The van der Waals surface area contributed by atoms with Crippen LogP contribution in [0.25, 0.3) is 27.6 Å². The molecule has 0 radical (unpaired) electrons. The second-order valence-electron chi connectivity index (χ2n) is 6.10. The van der Waals surface area contributed by atoms with Crippen LogP contribution in [0.3, 0.4) is 0 Å². The minimum absolute atomic E-state index is 0.0326. The molecule has 0 saturated heterocycles. The van der Waals surface area contributed by atoms with E-state index in [0.717, 1.165) is 5.39 Å². The van der Waals surface area contributed by atoms with Crippen LogP contribution in [0.5, 0.6) is 5.75 Å². The first-order valence-electron chi connectivity index (χ1n) is 8.41. The fourth-order valence-corrected chi connectivity index (χ4v) is 3.05. The van der Waals surface area contributed by atoms with E-state index in [4.69, 9.17) is 13.6 Å². The Hall–Kier alpha value is -3.94. The number of halogens is 1. The van der Waals surface area contributed by atoms with Gasteiger partial charge in [0.2, 0.25) is 5.75 Å². The molecule has 0 saturated carbocycles. The lowest BCUT2D eigenvalue weighted by Gasteiger charge is -2.10. The van der Waals surface area contributed by atoms with E-state index >= 15 is 0 Å². The number of aromatic nitrogens is 3. The Morgan fingerprint density at radius 3 is 2.71 bits per heavy atom. The van der Waals surface area contributed by atoms with Gasteiger partial charge in [-0.2, -0.15) is 0 Å². The van der Waals surface area contributed by atoms with Crippen molar-refractivity contribution in [1.82, 2.24) is 14.8 Å². The molecule has 0 aliphatic heterocycles.